The van der Waals surface area contributed by atoms with Gasteiger partial charge < -0.3 is 15.4 Å². The second-order valence-corrected chi connectivity index (χ2v) is 5.56. The van der Waals surface area contributed by atoms with Gasteiger partial charge in [-0.15, -0.1) is 0 Å². The Bertz CT molecular complexity index is 191. The van der Waals surface area contributed by atoms with E-state index < -0.39 is 0 Å². The third kappa shape index (κ3) is 12.2. The Hall–Kier alpha value is 0. The summed E-state index contributed by atoms with van der Waals surface area (Å²) in [6, 6.07) is 0.265. The molecule has 0 fully saturated rings. The molecule has 0 aromatic rings. The molecule has 0 amide bonds. The Balaban J connectivity index is 3.27. The van der Waals surface area contributed by atoms with Gasteiger partial charge in [0.2, 0.25) is 0 Å². The van der Waals surface area contributed by atoms with Crippen LogP contribution in [-0.4, -0.2) is 43.4 Å². The van der Waals surface area contributed by atoms with Crippen LogP contribution >= 0.6 is 24.0 Å². The van der Waals surface area contributed by atoms with Crippen LogP contribution in [0.4, 0.5) is 0 Å². The van der Waals surface area contributed by atoms with Crippen molar-refractivity contribution in [1.82, 2.24) is 10.6 Å². The van der Waals surface area contributed by atoms with Gasteiger partial charge in [0.1, 0.15) is 0 Å². The Morgan fingerprint density at radius 1 is 1.29 bits per heavy atom. The van der Waals surface area contributed by atoms with E-state index in [-0.39, 0.29) is 6.04 Å². The van der Waals surface area contributed by atoms with E-state index in [2.05, 4.69) is 23.8 Å². The predicted octanol–water partition coefficient (Wildman–Crippen LogP) is 2.41. The van der Waals surface area contributed by atoms with Gasteiger partial charge in [-0.05, 0) is 44.0 Å². The summed E-state index contributed by atoms with van der Waals surface area (Å²) in [5, 5.41) is 7.14. The lowest BCUT2D eigenvalue weighted by Gasteiger charge is -2.16. The Morgan fingerprint density at radius 3 is 2.65 bits per heavy atom. The van der Waals surface area contributed by atoms with Crippen molar-refractivity contribution >= 4 is 29.1 Å². The first-order chi connectivity index (χ1) is 8.20. The molecule has 0 aliphatic rings. The van der Waals surface area contributed by atoms with Crippen molar-refractivity contribution < 1.29 is 4.74 Å². The van der Waals surface area contributed by atoms with E-state index in [1.54, 1.807) is 7.11 Å². The van der Waals surface area contributed by atoms with Gasteiger partial charge in [0.25, 0.3) is 0 Å². The molecule has 2 N–H and O–H groups in total. The van der Waals surface area contributed by atoms with E-state index in [0.29, 0.717) is 6.61 Å². The topological polar surface area (TPSA) is 33.3 Å². The summed E-state index contributed by atoms with van der Waals surface area (Å²) in [5.41, 5.74) is 0. The summed E-state index contributed by atoms with van der Waals surface area (Å²) in [7, 11) is 1.70. The zero-order valence-corrected chi connectivity index (χ0v) is 12.9. The van der Waals surface area contributed by atoms with E-state index >= 15 is 0 Å². The molecule has 0 radical (unpaired) electrons. The van der Waals surface area contributed by atoms with Gasteiger partial charge in [-0.2, -0.15) is 11.8 Å². The average Bonchev–Trinajstić information content (AvgIpc) is 2.28. The smallest absolute Gasteiger partial charge is 0.166 e. The molecule has 0 saturated heterocycles. The van der Waals surface area contributed by atoms with E-state index in [4.69, 9.17) is 17.0 Å². The first-order valence-corrected chi connectivity index (χ1v) is 8.03. The van der Waals surface area contributed by atoms with E-state index in [1.165, 1.54) is 31.4 Å². The summed E-state index contributed by atoms with van der Waals surface area (Å²) in [6.45, 7) is 3.70. The minimum atomic E-state index is 0.265. The Morgan fingerprint density at radius 2 is 2.00 bits per heavy atom. The van der Waals surface area contributed by atoms with Crippen molar-refractivity contribution in [2.75, 3.05) is 32.3 Å². The fraction of sp³-hybridized carbons (Fsp3) is 0.917. The summed E-state index contributed by atoms with van der Waals surface area (Å²) >= 11 is 7.11. The number of thiocarbonyl (C=S) groups is 1. The zero-order chi connectivity index (χ0) is 12.9. The molecule has 0 aromatic heterocycles. The molecule has 0 heterocycles. The third-order valence-corrected chi connectivity index (χ3v) is 3.31. The molecule has 0 aliphatic carbocycles. The molecule has 0 aliphatic heterocycles. The van der Waals surface area contributed by atoms with E-state index in [0.717, 1.165) is 11.7 Å². The number of thioether (sulfide) groups is 1. The lowest BCUT2D eigenvalue weighted by atomic mass is 10.2. The normalized spacial score (nSPS) is 12.2. The maximum absolute atomic E-state index is 5.18. The zero-order valence-electron chi connectivity index (χ0n) is 11.3. The van der Waals surface area contributed by atoms with Gasteiger partial charge in [-0.25, -0.2) is 0 Å². The lowest BCUT2D eigenvalue weighted by molar-refractivity contribution is 0.179. The molecular formula is C12H26N2OS2. The molecule has 0 saturated carbocycles. The summed E-state index contributed by atoms with van der Waals surface area (Å²) in [4.78, 5) is 0. The number of nitrogens with one attached hydrogen (secondary N) is 2. The number of hydrogen-bond acceptors (Lipinski definition) is 3. The monoisotopic (exact) mass is 278 g/mol. The van der Waals surface area contributed by atoms with Crippen LogP contribution in [-0.2, 0) is 4.74 Å². The minimum Gasteiger partial charge on any atom is -0.383 e. The van der Waals surface area contributed by atoms with Crippen molar-refractivity contribution in [2.45, 2.75) is 38.6 Å². The fourth-order valence-corrected chi connectivity index (χ4v) is 2.29. The highest BCUT2D eigenvalue weighted by Crippen LogP contribution is 2.03. The van der Waals surface area contributed by atoms with Crippen LogP contribution in [0.2, 0.25) is 0 Å². The van der Waals surface area contributed by atoms with Crippen molar-refractivity contribution in [2.24, 2.45) is 0 Å². The largest absolute Gasteiger partial charge is 0.383 e. The predicted molar refractivity (Wildman–Crippen MR) is 81.9 cm³/mol. The van der Waals surface area contributed by atoms with Crippen molar-refractivity contribution in [3.05, 3.63) is 0 Å². The minimum absolute atomic E-state index is 0.265. The van der Waals surface area contributed by atoms with Crippen molar-refractivity contribution in [3.63, 3.8) is 0 Å². The first kappa shape index (κ1) is 17.0. The van der Waals surface area contributed by atoms with Gasteiger partial charge in [0, 0.05) is 19.7 Å². The Kier molecular flexibility index (Phi) is 12.5. The highest BCUT2D eigenvalue weighted by Gasteiger charge is 2.02. The number of rotatable bonds is 10. The molecular weight excluding hydrogens is 252 g/mol. The number of unbranched alkanes of at least 4 members (excludes halogenated alkanes) is 3. The number of hydrogen-bond donors (Lipinski definition) is 2. The molecule has 0 rings (SSSR count). The highest BCUT2D eigenvalue weighted by atomic mass is 32.2. The summed E-state index contributed by atoms with van der Waals surface area (Å²) < 4.78 is 5.03. The molecule has 3 nitrogen and oxygen atoms in total. The molecule has 1 atom stereocenters. The fourth-order valence-electron chi connectivity index (χ4n) is 1.49. The van der Waals surface area contributed by atoms with Gasteiger partial charge in [0.05, 0.1) is 6.61 Å². The van der Waals surface area contributed by atoms with Crippen molar-refractivity contribution in [3.8, 4) is 0 Å². The van der Waals surface area contributed by atoms with Gasteiger partial charge in [0.15, 0.2) is 5.11 Å². The van der Waals surface area contributed by atoms with Crippen molar-refractivity contribution in [1.29, 1.82) is 0 Å². The van der Waals surface area contributed by atoms with E-state index in [9.17, 15) is 0 Å². The standard InChI is InChI=1S/C12H26N2OS2/c1-11(10-15-2)14-12(16)13-8-6-4-5-7-9-17-3/h11H,4-10H2,1-3H3,(H2,13,14,16). The van der Waals surface area contributed by atoms with Gasteiger partial charge in [-0.3, -0.25) is 0 Å². The maximum atomic E-state index is 5.18. The Labute approximate surface area is 115 Å². The number of ether oxygens (including phenoxy) is 1. The highest BCUT2D eigenvalue weighted by molar-refractivity contribution is 7.98. The quantitative estimate of drug-likeness (QED) is 0.474. The molecule has 0 bridgehead atoms. The van der Waals surface area contributed by atoms with Crippen LogP contribution in [0.1, 0.15) is 32.6 Å². The molecule has 1 unspecified atom stereocenters. The summed E-state index contributed by atoms with van der Waals surface area (Å²) in [5.74, 6) is 1.28. The second kappa shape index (κ2) is 12.5. The van der Waals surface area contributed by atoms with E-state index in [1.807, 2.05) is 11.8 Å². The van der Waals surface area contributed by atoms with Gasteiger partial charge >= 0.3 is 0 Å². The van der Waals surface area contributed by atoms with Crippen LogP contribution in [0.3, 0.4) is 0 Å². The molecule has 5 heteroatoms. The van der Waals surface area contributed by atoms with Crippen LogP contribution in [0.15, 0.2) is 0 Å². The molecule has 17 heavy (non-hydrogen) atoms. The third-order valence-electron chi connectivity index (χ3n) is 2.35. The molecule has 102 valence electrons. The SMILES string of the molecule is COCC(C)NC(=S)NCCCCCCSC. The first-order valence-electron chi connectivity index (χ1n) is 6.23. The second-order valence-electron chi connectivity index (χ2n) is 4.16. The van der Waals surface area contributed by atoms with Crippen LogP contribution in [0, 0.1) is 0 Å². The lowest BCUT2D eigenvalue weighted by Crippen LogP contribution is -2.42. The van der Waals surface area contributed by atoms with Crippen LogP contribution in [0.5, 0.6) is 0 Å². The maximum Gasteiger partial charge on any atom is 0.166 e. The molecule has 0 aromatic carbocycles. The number of methoxy groups -OCH3 is 1. The molecule has 0 spiro atoms. The van der Waals surface area contributed by atoms with Crippen LogP contribution < -0.4 is 10.6 Å². The summed E-state index contributed by atoms with van der Waals surface area (Å²) in [6.07, 6.45) is 7.28. The average molecular weight is 278 g/mol. The van der Waals surface area contributed by atoms with Gasteiger partial charge in [-0.1, -0.05) is 12.8 Å². The van der Waals surface area contributed by atoms with Crippen LogP contribution in [0.25, 0.3) is 0 Å².